The van der Waals surface area contributed by atoms with E-state index in [0.29, 0.717) is 31.6 Å². The van der Waals surface area contributed by atoms with Crippen LogP contribution in [0.3, 0.4) is 0 Å². The number of piperazine rings is 1. The molecule has 0 aromatic heterocycles. The summed E-state index contributed by atoms with van der Waals surface area (Å²) in [5.41, 5.74) is 0.749. The molecule has 0 radical (unpaired) electrons. The van der Waals surface area contributed by atoms with Gasteiger partial charge in [-0.05, 0) is 43.7 Å². The normalized spacial score (nSPS) is 26.5. The predicted molar refractivity (Wildman–Crippen MR) is 105 cm³/mol. The van der Waals surface area contributed by atoms with Crippen LogP contribution in [0.1, 0.15) is 48.9 Å². The fourth-order valence-corrected chi connectivity index (χ4v) is 5.09. The molecule has 1 aliphatic carbocycles. The molecule has 146 valence electrons. The summed E-state index contributed by atoms with van der Waals surface area (Å²) >= 11 is 0. The Morgan fingerprint density at radius 2 is 1.56 bits per heavy atom. The largest absolute Gasteiger partial charge is 0.338 e. The quantitative estimate of drug-likeness (QED) is 0.823. The Bertz CT molecular complexity index is 653. The van der Waals surface area contributed by atoms with Gasteiger partial charge < -0.3 is 9.80 Å². The number of benzene rings is 1. The molecule has 1 aromatic rings. The van der Waals surface area contributed by atoms with E-state index in [-0.39, 0.29) is 5.91 Å². The number of piperidine rings is 1. The Morgan fingerprint density at radius 1 is 0.852 bits per heavy atom. The number of amides is 2. The highest BCUT2D eigenvalue weighted by Gasteiger charge is 2.36. The number of hydrogen-bond acceptors (Lipinski definition) is 3. The smallest absolute Gasteiger partial charge is 0.253 e. The minimum atomic E-state index is 0.0997. The van der Waals surface area contributed by atoms with Crippen molar-refractivity contribution in [1.82, 2.24) is 14.7 Å². The Kier molecular flexibility index (Phi) is 5.77. The van der Waals surface area contributed by atoms with Crippen molar-refractivity contribution >= 4 is 11.8 Å². The first kappa shape index (κ1) is 18.5. The average Bonchev–Trinajstić information content (AvgIpc) is 2.74. The third kappa shape index (κ3) is 4.18. The number of likely N-dealkylation sites (tertiary alicyclic amines) is 1. The maximum Gasteiger partial charge on any atom is 0.253 e. The van der Waals surface area contributed by atoms with Crippen LogP contribution >= 0.6 is 0 Å². The number of nitrogens with zero attached hydrogens (tertiary/aromatic N) is 3. The van der Waals surface area contributed by atoms with E-state index in [1.807, 2.05) is 35.2 Å². The van der Waals surface area contributed by atoms with Gasteiger partial charge in [-0.3, -0.25) is 14.5 Å². The van der Waals surface area contributed by atoms with E-state index in [9.17, 15) is 9.59 Å². The van der Waals surface area contributed by atoms with Crippen molar-refractivity contribution in [3.8, 4) is 0 Å². The number of carbonyl (C=O) groups is 2. The molecule has 0 spiro atoms. The molecule has 2 saturated heterocycles. The van der Waals surface area contributed by atoms with E-state index in [2.05, 4.69) is 9.80 Å². The van der Waals surface area contributed by atoms with Gasteiger partial charge in [0.1, 0.15) is 0 Å². The average molecular weight is 370 g/mol. The van der Waals surface area contributed by atoms with E-state index in [1.54, 1.807) is 0 Å². The summed E-state index contributed by atoms with van der Waals surface area (Å²) in [5, 5.41) is 0. The Labute approximate surface area is 162 Å². The number of hydrogen-bond donors (Lipinski definition) is 0. The lowest BCUT2D eigenvalue weighted by Crippen LogP contribution is -2.55. The monoisotopic (exact) mass is 369 g/mol. The molecule has 2 heterocycles. The first-order valence-electron chi connectivity index (χ1n) is 10.6. The van der Waals surface area contributed by atoms with E-state index in [1.165, 1.54) is 32.1 Å². The highest BCUT2D eigenvalue weighted by Crippen LogP contribution is 2.35. The molecular formula is C22H31N3O2. The van der Waals surface area contributed by atoms with Crippen LogP contribution in [0, 0.1) is 5.92 Å². The SMILES string of the molecule is O=C(c1ccccc1)N1CCN(CC(=O)N2CCCC3CCCCC32)CC1. The lowest BCUT2D eigenvalue weighted by atomic mass is 9.78. The van der Waals surface area contributed by atoms with Crippen molar-refractivity contribution < 1.29 is 9.59 Å². The highest BCUT2D eigenvalue weighted by molar-refractivity contribution is 5.94. The van der Waals surface area contributed by atoms with Crippen LogP contribution < -0.4 is 0 Å². The minimum absolute atomic E-state index is 0.0997. The second kappa shape index (κ2) is 8.42. The zero-order valence-electron chi connectivity index (χ0n) is 16.2. The van der Waals surface area contributed by atoms with Crippen LogP contribution in [0.25, 0.3) is 0 Å². The van der Waals surface area contributed by atoms with E-state index in [0.717, 1.165) is 37.5 Å². The minimum Gasteiger partial charge on any atom is -0.338 e. The summed E-state index contributed by atoms with van der Waals surface area (Å²) in [5.74, 6) is 1.13. The molecule has 2 amide bonds. The maximum atomic E-state index is 13.0. The first-order valence-corrected chi connectivity index (χ1v) is 10.6. The summed E-state index contributed by atoms with van der Waals surface area (Å²) in [6, 6.07) is 9.96. The van der Waals surface area contributed by atoms with Gasteiger partial charge in [-0.2, -0.15) is 0 Å². The van der Waals surface area contributed by atoms with Gasteiger partial charge >= 0.3 is 0 Å². The molecule has 2 aliphatic heterocycles. The lowest BCUT2D eigenvalue weighted by Gasteiger charge is -2.45. The molecule has 3 fully saturated rings. The van der Waals surface area contributed by atoms with Crippen molar-refractivity contribution in [1.29, 1.82) is 0 Å². The first-order chi connectivity index (χ1) is 13.2. The molecule has 1 aromatic carbocycles. The van der Waals surface area contributed by atoms with Crippen LogP contribution in [-0.4, -0.2) is 71.8 Å². The van der Waals surface area contributed by atoms with E-state index < -0.39 is 0 Å². The molecule has 2 atom stereocenters. The number of carbonyl (C=O) groups excluding carboxylic acids is 2. The van der Waals surface area contributed by atoms with Crippen LogP contribution in [0.15, 0.2) is 30.3 Å². The third-order valence-electron chi connectivity index (χ3n) is 6.60. The molecule has 5 heteroatoms. The summed E-state index contributed by atoms with van der Waals surface area (Å²) < 4.78 is 0. The van der Waals surface area contributed by atoms with Gasteiger partial charge in [-0.25, -0.2) is 0 Å². The van der Waals surface area contributed by atoms with Gasteiger partial charge in [0.15, 0.2) is 0 Å². The molecule has 27 heavy (non-hydrogen) atoms. The molecule has 4 rings (SSSR count). The molecule has 0 N–H and O–H groups in total. The van der Waals surface area contributed by atoms with Crippen LogP contribution in [0.4, 0.5) is 0 Å². The summed E-state index contributed by atoms with van der Waals surface area (Å²) in [7, 11) is 0. The molecule has 2 unspecified atom stereocenters. The highest BCUT2D eigenvalue weighted by atomic mass is 16.2. The van der Waals surface area contributed by atoms with Gasteiger partial charge in [0, 0.05) is 44.3 Å². The summed E-state index contributed by atoms with van der Waals surface area (Å²) in [6.45, 7) is 4.42. The standard InChI is InChI=1S/C22H31N3O2/c26-21(25-12-6-10-18-7-4-5-11-20(18)25)17-23-13-15-24(16-14-23)22(27)19-8-2-1-3-9-19/h1-3,8-9,18,20H,4-7,10-17H2. The fraction of sp³-hybridized carbons (Fsp3) is 0.636. The van der Waals surface area contributed by atoms with Crippen molar-refractivity contribution in [2.24, 2.45) is 5.92 Å². The summed E-state index contributed by atoms with van der Waals surface area (Å²) in [6.07, 6.45) is 7.55. The fourth-order valence-electron chi connectivity index (χ4n) is 5.09. The maximum absolute atomic E-state index is 13.0. The van der Waals surface area contributed by atoms with Gasteiger partial charge in [-0.1, -0.05) is 31.0 Å². The van der Waals surface area contributed by atoms with Gasteiger partial charge in [0.25, 0.3) is 5.91 Å². The van der Waals surface area contributed by atoms with E-state index in [4.69, 9.17) is 0 Å². The Morgan fingerprint density at radius 3 is 2.33 bits per heavy atom. The predicted octanol–water partition coefficient (Wildman–Crippen LogP) is 2.63. The van der Waals surface area contributed by atoms with Crippen molar-refractivity contribution in [2.45, 2.75) is 44.6 Å². The van der Waals surface area contributed by atoms with Gasteiger partial charge in [0.2, 0.25) is 5.91 Å². The van der Waals surface area contributed by atoms with E-state index >= 15 is 0 Å². The topological polar surface area (TPSA) is 43.9 Å². The third-order valence-corrected chi connectivity index (χ3v) is 6.60. The molecule has 5 nitrogen and oxygen atoms in total. The van der Waals surface area contributed by atoms with Gasteiger partial charge in [0.05, 0.1) is 6.54 Å². The molecular weight excluding hydrogens is 338 g/mol. The van der Waals surface area contributed by atoms with Crippen LogP contribution in [0.2, 0.25) is 0 Å². The van der Waals surface area contributed by atoms with Crippen molar-refractivity contribution in [3.05, 3.63) is 35.9 Å². The summed E-state index contributed by atoms with van der Waals surface area (Å²) in [4.78, 5) is 31.9. The van der Waals surface area contributed by atoms with Gasteiger partial charge in [-0.15, -0.1) is 0 Å². The molecule has 3 aliphatic rings. The zero-order chi connectivity index (χ0) is 18.6. The van der Waals surface area contributed by atoms with Crippen molar-refractivity contribution in [2.75, 3.05) is 39.3 Å². The van der Waals surface area contributed by atoms with Crippen LogP contribution in [-0.2, 0) is 4.79 Å². The molecule has 0 bridgehead atoms. The van der Waals surface area contributed by atoms with Crippen LogP contribution in [0.5, 0.6) is 0 Å². The lowest BCUT2D eigenvalue weighted by molar-refractivity contribution is -0.139. The Hall–Kier alpha value is -1.88. The second-order valence-corrected chi connectivity index (χ2v) is 8.28. The zero-order valence-corrected chi connectivity index (χ0v) is 16.2. The second-order valence-electron chi connectivity index (χ2n) is 8.28. The van der Waals surface area contributed by atoms with Crippen molar-refractivity contribution in [3.63, 3.8) is 0 Å². The molecule has 1 saturated carbocycles. The number of rotatable bonds is 3. The Balaban J connectivity index is 1.29. The number of fused-ring (bicyclic) bond motifs is 1.